The van der Waals surface area contributed by atoms with E-state index in [1.165, 1.54) is 11.3 Å². The molecule has 0 bridgehead atoms. The Balaban J connectivity index is 2.25. The second kappa shape index (κ2) is 5.72. The molecule has 0 saturated heterocycles. The molecule has 104 valence electrons. The second-order valence-corrected chi connectivity index (χ2v) is 5.85. The van der Waals surface area contributed by atoms with Crippen molar-refractivity contribution in [3.63, 3.8) is 0 Å². The van der Waals surface area contributed by atoms with Crippen molar-refractivity contribution in [1.29, 1.82) is 0 Å². The van der Waals surface area contributed by atoms with Crippen LogP contribution in [0.3, 0.4) is 0 Å². The molecule has 0 spiro atoms. The van der Waals surface area contributed by atoms with Crippen molar-refractivity contribution in [2.75, 3.05) is 0 Å². The summed E-state index contributed by atoms with van der Waals surface area (Å²) < 4.78 is 0. The van der Waals surface area contributed by atoms with E-state index in [9.17, 15) is 9.90 Å². The third-order valence-corrected chi connectivity index (χ3v) is 4.39. The molecule has 3 rings (SSSR count). The van der Waals surface area contributed by atoms with Gasteiger partial charge < -0.3 is 5.11 Å². The zero-order chi connectivity index (χ0) is 14.8. The molecule has 2 nitrogen and oxygen atoms in total. The van der Waals surface area contributed by atoms with Crippen molar-refractivity contribution in [1.82, 2.24) is 0 Å². The molecule has 0 aliphatic rings. The number of carboxylic acids is 1. The van der Waals surface area contributed by atoms with E-state index in [0.29, 0.717) is 9.90 Å². The molecule has 1 N–H and O–H groups in total. The topological polar surface area (TPSA) is 37.3 Å². The van der Waals surface area contributed by atoms with Crippen LogP contribution in [0.5, 0.6) is 0 Å². The van der Waals surface area contributed by atoms with Crippen molar-refractivity contribution in [2.45, 2.75) is 0 Å². The molecular weight excluding hydrogens is 304 g/mol. The van der Waals surface area contributed by atoms with Gasteiger partial charge in [0, 0.05) is 21.5 Å². The van der Waals surface area contributed by atoms with Gasteiger partial charge in [-0.2, -0.15) is 0 Å². The molecule has 3 aromatic rings. The first-order chi connectivity index (χ1) is 10.2. The van der Waals surface area contributed by atoms with Crippen LogP contribution in [0.4, 0.5) is 0 Å². The highest BCUT2D eigenvalue weighted by atomic mass is 35.5. The number of thiophene rings is 1. The van der Waals surface area contributed by atoms with Crippen molar-refractivity contribution in [3.05, 3.63) is 69.9 Å². The zero-order valence-electron chi connectivity index (χ0n) is 10.9. The third-order valence-electron chi connectivity index (χ3n) is 3.18. The number of rotatable bonds is 3. The monoisotopic (exact) mass is 314 g/mol. The molecule has 0 aliphatic carbocycles. The summed E-state index contributed by atoms with van der Waals surface area (Å²) in [5.41, 5.74) is 3.46. The number of halogens is 1. The molecule has 4 heteroatoms. The number of hydrogen-bond acceptors (Lipinski definition) is 2. The SMILES string of the molecule is O=C(O)c1scc(-c2cccc(Cl)c2)c1-c1ccccc1. The summed E-state index contributed by atoms with van der Waals surface area (Å²) in [6.45, 7) is 0. The quantitative estimate of drug-likeness (QED) is 0.699. The maximum absolute atomic E-state index is 11.5. The highest BCUT2D eigenvalue weighted by Crippen LogP contribution is 2.39. The third kappa shape index (κ3) is 2.71. The summed E-state index contributed by atoms with van der Waals surface area (Å²) in [6, 6.07) is 17.0. The largest absolute Gasteiger partial charge is 0.477 e. The van der Waals surface area contributed by atoms with E-state index in [2.05, 4.69) is 0 Å². The van der Waals surface area contributed by atoms with Crippen molar-refractivity contribution in [2.24, 2.45) is 0 Å². The minimum absolute atomic E-state index is 0.344. The van der Waals surface area contributed by atoms with Crippen LogP contribution in [0.25, 0.3) is 22.3 Å². The van der Waals surface area contributed by atoms with E-state index in [-0.39, 0.29) is 0 Å². The molecule has 0 unspecified atom stereocenters. The molecular formula is C17H11ClO2S. The predicted molar refractivity (Wildman–Crippen MR) is 87.2 cm³/mol. The van der Waals surface area contributed by atoms with E-state index in [1.807, 2.05) is 53.9 Å². The van der Waals surface area contributed by atoms with Crippen LogP contribution in [-0.4, -0.2) is 11.1 Å². The average Bonchev–Trinajstić information content (AvgIpc) is 2.93. The first-order valence-corrected chi connectivity index (χ1v) is 7.58. The molecule has 2 aromatic carbocycles. The molecule has 1 heterocycles. The summed E-state index contributed by atoms with van der Waals surface area (Å²) in [6.07, 6.45) is 0. The number of hydrogen-bond donors (Lipinski definition) is 1. The summed E-state index contributed by atoms with van der Waals surface area (Å²) in [5, 5.41) is 11.9. The molecule has 1 aromatic heterocycles. The Morgan fingerprint density at radius 3 is 2.38 bits per heavy atom. The van der Waals surface area contributed by atoms with Gasteiger partial charge in [0.2, 0.25) is 0 Å². The van der Waals surface area contributed by atoms with E-state index in [1.54, 1.807) is 6.07 Å². The van der Waals surface area contributed by atoms with Gasteiger partial charge in [0.15, 0.2) is 0 Å². The van der Waals surface area contributed by atoms with Crippen LogP contribution in [0, 0.1) is 0 Å². The summed E-state index contributed by atoms with van der Waals surface area (Å²) in [4.78, 5) is 11.8. The standard InChI is InChI=1S/C17H11ClO2S/c18-13-8-4-7-12(9-13)14-10-21-16(17(19)20)15(14)11-5-2-1-3-6-11/h1-10H,(H,19,20). The average molecular weight is 315 g/mol. The summed E-state index contributed by atoms with van der Waals surface area (Å²) >= 11 is 7.29. The minimum Gasteiger partial charge on any atom is -0.477 e. The lowest BCUT2D eigenvalue weighted by Gasteiger charge is -2.07. The Bertz CT molecular complexity index is 794. The fourth-order valence-corrected chi connectivity index (χ4v) is 3.40. The van der Waals surface area contributed by atoms with Crippen LogP contribution in [-0.2, 0) is 0 Å². The van der Waals surface area contributed by atoms with Gasteiger partial charge in [-0.05, 0) is 23.3 Å². The lowest BCUT2D eigenvalue weighted by Crippen LogP contribution is -1.95. The number of aromatic carboxylic acids is 1. The molecule has 0 atom stereocenters. The Kier molecular flexibility index (Phi) is 3.78. The summed E-state index contributed by atoms with van der Waals surface area (Å²) in [7, 11) is 0. The van der Waals surface area contributed by atoms with Crippen molar-refractivity contribution < 1.29 is 9.90 Å². The first-order valence-electron chi connectivity index (χ1n) is 6.33. The molecule has 21 heavy (non-hydrogen) atoms. The predicted octanol–water partition coefficient (Wildman–Crippen LogP) is 5.43. The van der Waals surface area contributed by atoms with Gasteiger partial charge in [-0.1, -0.05) is 54.1 Å². The Labute approximate surface area is 131 Å². The lowest BCUT2D eigenvalue weighted by atomic mass is 9.97. The van der Waals surface area contributed by atoms with Crippen LogP contribution in [0.1, 0.15) is 9.67 Å². The van der Waals surface area contributed by atoms with Crippen molar-refractivity contribution >= 4 is 28.9 Å². The van der Waals surface area contributed by atoms with E-state index in [0.717, 1.165) is 22.3 Å². The van der Waals surface area contributed by atoms with Gasteiger partial charge in [-0.15, -0.1) is 11.3 Å². The van der Waals surface area contributed by atoms with Gasteiger partial charge in [-0.25, -0.2) is 4.79 Å². The number of carboxylic acid groups (broad SMARTS) is 1. The van der Waals surface area contributed by atoms with Crippen LogP contribution < -0.4 is 0 Å². The van der Waals surface area contributed by atoms with Gasteiger partial charge in [-0.3, -0.25) is 0 Å². The smallest absolute Gasteiger partial charge is 0.346 e. The van der Waals surface area contributed by atoms with E-state index in [4.69, 9.17) is 11.6 Å². The highest BCUT2D eigenvalue weighted by Gasteiger charge is 2.19. The second-order valence-electron chi connectivity index (χ2n) is 4.54. The van der Waals surface area contributed by atoms with Gasteiger partial charge in [0.1, 0.15) is 4.88 Å². The van der Waals surface area contributed by atoms with E-state index >= 15 is 0 Å². The maximum Gasteiger partial charge on any atom is 0.346 e. The van der Waals surface area contributed by atoms with Crippen molar-refractivity contribution in [3.8, 4) is 22.3 Å². The van der Waals surface area contributed by atoms with Crippen LogP contribution in [0.15, 0.2) is 60.0 Å². The highest BCUT2D eigenvalue weighted by molar-refractivity contribution is 7.13. The lowest BCUT2D eigenvalue weighted by molar-refractivity contribution is 0.0703. The first kappa shape index (κ1) is 13.9. The van der Waals surface area contributed by atoms with Gasteiger partial charge >= 0.3 is 5.97 Å². The maximum atomic E-state index is 11.5. The molecule has 0 radical (unpaired) electrons. The van der Waals surface area contributed by atoms with Crippen LogP contribution >= 0.6 is 22.9 Å². The van der Waals surface area contributed by atoms with Gasteiger partial charge in [0.25, 0.3) is 0 Å². The molecule has 0 fully saturated rings. The Hall–Kier alpha value is -2.10. The fraction of sp³-hybridized carbons (Fsp3) is 0. The molecule has 0 amide bonds. The zero-order valence-corrected chi connectivity index (χ0v) is 12.5. The molecule has 0 saturated carbocycles. The Morgan fingerprint density at radius 2 is 1.71 bits per heavy atom. The number of carbonyl (C=O) groups is 1. The van der Waals surface area contributed by atoms with Crippen LogP contribution in [0.2, 0.25) is 5.02 Å². The summed E-state index contributed by atoms with van der Waals surface area (Å²) in [5.74, 6) is -0.910. The fourth-order valence-electron chi connectivity index (χ4n) is 2.28. The normalized spacial score (nSPS) is 10.5. The van der Waals surface area contributed by atoms with Gasteiger partial charge in [0.05, 0.1) is 0 Å². The number of benzene rings is 2. The minimum atomic E-state index is -0.910. The molecule has 0 aliphatic heterocycles. The van der Waals surface area contributed by atoms with E-state index < -0.39 is 5.97 Å². The Morgan fingerprint density at radius 1 is 1.00 bits per heavy atom.